The molecule has 0 N–H and O–H groups in total. The summed E-state index contributed by atoms with van der Waals surface area (Å²) in [5.74, 6) is 1.61. The zero-order valence-corrected chi connectivity index (χ0v) is 6.90. The molecule has 0 spiro atoms. The van der Waals surface area contributed by atoms with Gasteiger partial charge in [0.25, 0.3) is 0 Å². The van der Waals surface area contributed by atoms with E-state index in [2.05, 4.69) is 4.98 Å². The zero-order chi connectivity index (χ0) is 8.39. The highest BCUT2D eigenvalue weighted by atomic mass is 16.4. The van der Waals surface area contributed by atoms with Crippen LogP contribution >= 0.6 is 0 Å². The first kappa shape index (κ1) is 7.16. The normalized spacial score (nSPS) is 10.4. The van der Waals surface area contributed by atoms with Crippen LogP contribution in [0.3, 0.4) is 0 Å². The molecule has 0 saturated heterocycles. The number of rotatable bonds is 2. The summed E-state index contributed by atoms with van der Waals surface area (Å²) < 4.78 is 7.34. The Morgan fingerprint density at radius 2 is 2.17 bits per heavy atom. The fourth-order valence-electron chi connectivity index (χ4n) is 1.11. The summed E-state index contributed by atoms with van der Waals surface area (Å²) in [4.78, 5) is 4.10. The molecule has 0 saturated carbocycles. The van der Waals surface area contributed by atoms with Crippen LogP contribution in [0.4, 0.5) is 0 Å². The van der Waals surface area contributed by atoms with Crippen molar-refractivity contribution in [1.82, 2.24) is 9.55 Å². The van der Waals surface area contributed by atoms with Gasteiger partial charge in [0.2, 0.25) is 5.89 Å². The van der Waals surface area contributed by atoms with Gasteiger partial charge >= 0.3 is 0 Å². The summed E-state index contributed by atoms with van der Waals surface area (Å²) in [6, 6.07) is 3.96. The standard InChI is InChI=1S/C9H10N2O/c1-8-6-10-9(12-8)7-11-4-2-3-5-11/h2-6H,7H2,1H3. The largest absolute Gasteiger partial charge is 0.444 e. The van der Waals surface area contributed by atoms with Gasteiger partial charge in [-0.2, -0.15) is 0 Å². The van der Waals surface area contributed by atoms with Crippen molar-refractivity contribution in [3.05, 3.63) is 42.4 Å². The third-order valence-corrected chi connectivity index (χ3v) is 1.65. The van der Waals surface area contributed by atoms with Crippen molar-refractivity contribution in [3.8, 4) is 0 Å². The molecule has 0 unspecified atom stereocenters. The molecule has 2 aromatic heterocycles. The highest BCUT2D eigenvalue weighted by Gasteiger charge is 1.99. The number of nitrogens with zero attached hydrogens (tertiary/aromatic N) is 2. The summed E-state index contributed by atoms with van der Waals surface area (Å²) in [5.41, 5.74) is 0. The van der Waals surface area contributed by atoms with Crippen LogP contribution in [0, 0.1) is 6.92 Å². The van der Waals surface area contributed by atoms with E-state index < -0.39 is 0 Å². The van der Waals surface area contributed by atoms with Crippen LogP contribution in [-0.2, 0) is 6.54 Å². The van der Waals surface area contributed by atoms with E-state index in [1.807, 2.05) is 36.0 Å². The van der Waals surface area contributed by atoms with Crippen molar-refractivity contribution in [1.29, 1.82) is 0 Å². The summed E-state index contributed by atoms with van der Waals surface area (Å²) in [6.45, 7) is 2.60. The monoisotopic (exact) mass is 162 g/mol. The Kier molecular flexibility index (Phi) is 1.70. The Bertz CT molecular complexity index is 348. The SMILES string of the molecule is Cc1cnc(Cn2cccc2)o1. The molecule has 2 rings (SSSR count). The molecule has 0 atom stereocenters. The minimum absolute atomic E-state index is 0.709. The third-order valence-electron chi connectivity index (χ3n) is 1.65. The Hall–Kier alpha value is -1.51. The quantitative estimate of drug-likeness (QED) is 0.674. The molecule has 3 heteroatoms. The Labute approximate surface area is 70.7 Å². The van der Waals surface area contributed by atoms with Gasteiger partial charge in [-0.05, 0) is 19.1 Å². The average molecular weight is 162 g/mol. The first-order valence-corrected chi connectivity index (χ1v) is 3.86. The van der Waals surface area contributed by atoms with E-state index in [-0.39, 0.29) is 0 Å². The first-order chi connectivity index (χ1) is 5.84. The van der Waals surface area contributed by atoms with E-state index in [9.17, 15) is 0 Å². The van der Waals surface area contributed by atoms with Gasteiger partial charge in [0.15, 0.2) is 0 Å². The minimum Gasteiger partial charge on any atom is -0.444 e. The summed E-state index contributed by atoms with van der Waals surface area (Å²) >= 11 is 0. The van der Waals surface area contributed by atoms with Gasteiger partial charge in [0.1, 0.15) is 5.76 Å². The molecule has 0 aromatic carbocycles. The smallest absolute Gasteiger partial charge is 0.214 e. The van der Waals surface area contributed by atoms with E-state index in [0.29, 0.717) is 6.54 Å². The number of oxazole rings is 1. The van der Waals surface area contributed by atoms with Gasteiger partial charge in [-0.1, -0.05) is 0 Å². The highest BCUT2D eigenvalue weighted by molar-refractivity contribution is 4.96. The molecule has 0 bridgehead atoms. The number of hydrogen-bond acceptors (Lipinski definition) is 2. The maximum absolute atomic E-state index is 5.32. The fourth-order valence-corrected chi connectivity index (χ4v) is 1.11. The lowest BCUT2D eigenvalue weighted by Gasteiger charge is -1.96. The van der Waals surface area contributed by atoms with Crippen LogP contribution in [0.15, 0.2) is 35.1 Å². The van der Waals surface area contributed by atoms with Gasteiger partial charge in [-0.3, -0.25) is 0 Å². The topological polar surface area (TPSA) is 31.0 Å². The fraction of sp³-hybridized carbons (Fsp3) is 0.222. The van der Waals surface area contributed by atoms with Gasteiger partial charge in [-0.25, -0.2) is 4.98 Å². The van der Waals surface area contributed by atoms with Gasteiger partial charge in [0, 0.05) is 12.4 Å². The number of aryl methyl sites for hydroxylation is 1. The van der Waals surface area contributed by atoms with Crippen molar-refractivity contribution < 1.29 is 4.42 Å². The summed E-state index contributed by atoms with van der Waals surface area (Å²) in [5, 5.41) is 0. The molecule has 0 aliphatic heterocycles. The second-order valence-corrected chi connectivity index (χ2v) is 2.72. The van der Waals surface area contributed by atoms with E-state index in [1.165, 1.54) is 0 Å². The summed E-state index contributed by atoms with van der Waals surface area (Å²) in [6.07, 6.45) is 5.71. The average Bonchev–Trinajstić information content (AvgIpc) is 2.63. The van der Waals surface area contributed by atoms with Gasteiger partial charge < -0.3 is 8.98 Å². The molecule has 62 valence electrons. The van der Waals surface area contributed by atoms with Crippen LogP contribution in [0.1, 0.15) is 11.7 Å². The van der Waals surface area contributed by atoms with Crippen LogP contribution in [-0.4, -0.2) is 9.55 Å². The van der Waals surface area contributed by atoms with Crippen LogP contribution in [0.2, 0.25) is 0 Å². The minimum atomic E-state index is 0.709. The number of hydrogen-bond donors (Lipinski definition) is 0. The van der Waals surface area contributed by atoms with Gasteiger partial charge in [-0.15, -0.1) is 0 Å². The van der Waals surface area contributed by atoms with Crippen molar-refractivity contribution in [2.75, 3.05) is 0 Å². The Morgan fingerprint density at radius 3 is 2.75 bits per heavy atom. The van der Waals surface area contributed by atoms with Crippen LogP contribution in [0.25, 0.3) is 0 Å². The molecule has 0 amide bonds. The van der Waals surface area contributed by atoms with E-state index in [1.54, 1.807) is 6.20 Å². The maximum atomic E-state index is 5.32. The first-order valence-electron chi connectivity index (χ1n) is 3.86. The van der Waals surface area contributed by atoms with Gasteiger partial charge in [0.05, 0.1) is 12.7 Å². The lowest BCUT2D eigenvalue weighted by molar-refractivity contribution is 0.458. The predicted molar refractivity (Wildman–Crippen MR) is 44.8 cm³/mol. The molecule has 0 radical (unpaired) electrons. The van der Waals surface area contributed by atoms with Crippen molar-refractivity contribution in [2.45, 2.75) is 13.5 Å². The maximum Gasteiger partial charge on any atom is 0.214 e. The van der Waals surface area contributed by atoms with Crippen molar-refractivity contribution >= 4 is 0 Å². The van der Waals surface area contributed by atoms with E-state index in [4.69, 9.17) is 4.42 Å². The second-order valence-electron chi connectivity index (χ2n) is 2.72. The highest BCUT2D eigenvalue weighted by Crippen LogP contribution is 2.03. The Morgan fingerprint density at radius 1 is 1.42 bits per heavy atom. The molecule has 2 aromatic rings. The molecule has 0 aliphatic carbocycles. The Balaban J connectivity index is 2.14. The molecular weight excluding hydrogens is 152 g/mol. The van der Waals surface area contributed by atoms with Crippen LogP contribution < -0.4 is 0 Å². The molecule has 12 heavy (non-hydrogen) atoms. The second kappa shape index (κ2) is 2.85. The lowest BCUT2D eigenvalue weighted by Crippen LogP contribution is -1.95. The molecule has 0 aliphatic rings. The van der Waals surface area contributed by atoms with Crippen molar-refractivity contribution in [3.63, 3.8) is 0 Å². The van der Waals surface area contributed by atoms with E-state index in [0.717, 1.165) is 11.7 Å². The molecule has 2 heterocycles. The lowest BCUT2D eigenvalue weighted by atomic mass is 10.6. The third kappa shape index (κ3) is 1.39. The predicted octanol–water partition coefficient (Wildman–Crippen LogP) is 1.83. The van der Waals surface area contributed by atoms with E-state index >= 15 is 0 Å². The molecular formula is C9H10N2O. The zero-order valence-electron chi connectivity index (χ0n) is 6.90. The van der Waals surface area contributed by atoms with Crippen molar-refractivity contribution in [2.24, 2.45) is 0 Å². The number of aromatic nitrogens is 2. The molecule has 0 fully saturated rings. The van der Waals surface area contributed by atoms with Crippen LogP contribution in [0.5, 0.6) is 0 Å². The summed E-state index contributed by atoms with van der Waals surface area (Å²) in [7, 11) is 0. The molecule has 3 nitrogen and oxygen atoms in total.